The first kappa shape index (κ1) is 38.5. The maximum Gasteiger partial charge on any atom is 0.410 e. The number of rotatable bonds is 6. The zero-order chi connectivity index (χ0) is 37.8. The molecule has 1 saturated carbocycles. The van der Waals surface area contributed by atoms with E-state index in [1.807, 2.05) is 12.2 Å². The van der Waals surface area contributed by atoms with Gasteiger partial charge in [-0.15, -0.1) is 0 Å². The van der Waals surface area contributed by atoms with Crippen molar-refractivity contribution in [3.05, 3.63) is 47.3 Å². The van der Waals surface area contributed by atoms with Crippen molar-refractivity contribution in [2.45, 2.75) is 108 Å². The van der Waals surface area contributed by atoms with E-state index in [0.29, 0.717) is 56.7 Å². The number of morpholine rings is 1. The molecule has 1 aromatic rings. The summed E-state index contributed by atoms with van der Waals surface area (Å²) in [5, 5.41) is 8.77. The van der Waals surface area contributed by atoms with Crippen molar-refractivity contribution < 1.29 is 42.6 Å². The van der Waals surface area contributed by atoms with E-state index in [2.05, 4.69) is 20.9 Å². The first-order valence-corrected chi connectivity index (χ1v) is 18.9. The number of hydrogen-bond acceptors (Lipinski definition) is 9. The van der Waals surface area contributed by atoms with Gasteiger partial charge in [-0.05, 0) is 58.1 Å². The van der Waals surface area contributed by atoms with Gasteiger partial charge in [-0.2, -0.15) is 0 Å². The summed E-state index contributed by atoms with van der Waals surface area (Å²) in [7, 11) is 0. The van der Waals surface area contributed by atoms with E-state index in [1.165, 1.54) is 15.9 Å². The number of carbonyl (C=O) groups is 5. The lowest BCUT2D eigenvalue weighted by Gasteiger charge is -2.30. The zero-order valence-corrected chi connectivity index (χ0v) is 31.0. The highest BCUT2D eigenvalue weighted by molar-refractivity contribution is 5.98. The van der Waals surface area contributed by atoms with Crippen molar-refractivity contribution in [2.24, 2.45) is 5.92 Å². The molecule has 4 aliphatic heterocycles. The van der Waals surface area contributed by atoms with Crippen LogP contribution in [-0.4, -0.2) is 120 Å². The smallest absolute Gasteiger partial charge is 0.410 e. The summed E-state index contributed by atoms with van der Waals surface area (Å²) in [5.41, 5.74) is -0.879. The monoisotopic (exact) mass is 740 g/mol. The molecule has 5 amide bonds. The quantitative estimate of drug-likeness (QED) is 0.373. The molecule has 4 heterocycles. The SMILES string of the molecule is CC(C)(C)OC(=O)N[C@H]1CCCCC/C=C\[C@@H]2C[C@@]2(C(=O)NCCN2CCOCC2)NC(=O)[C@@H]2C[C@@H](OC(=O)N3Cc4cccc(F)c4C3)CN2C1=O. The average molecular weight is 741 g/mol. The summed E-state index contributed by atoms with van der Waals surface area (Å²) >= 11 is 0. The average Bonchev–Trinajstić information content (AvgIpc) is 3.40. The Labute approximate surface area is 310 Å². The lowest BCUT2D eigenvalue weighted by Crippen LogP contribution is -2.58. The predicted molar refractivity (Wildman–Crippen MR) is 191 cm³/mol. The number of alkyl carbamates (subject to hydrolysis) is 1. The minimum absolute atomic E-state index is 0.0210. The molecule has 2 saturated heterocycles. The van der Waals surface area contributed by atoms with Crippen molar-refractivity contribution in [3.63, 3.8) is 0 Å². The van der Waals surface area contributed by atoms with Crippen molar-refractivity contribution in [2.75, 3.05) is 45.9 Å². The number of benzene rings is 1. The number of fused-ring (bicyclic) bond motifs is 3. The van der Waals surface area contributed by atoms with Crippen LogP contribution in [-0.2, 0) is 41.7 Å². The summed E-state index contributed by atoms with van der Waals surface area (Å²) in [6.45, 7) is 9.20. The van der Waals surface area contributed by atoms with Crippen LogP contribution in [0.15, 0.2) is 30.4 Å². The highest BCUT2D eigenvalue weighted by Gasteiger charge is 2.61. The van der Waals surface area contributed by atoms with Gasteiger partial charge < -0.3 is 35.1 Å². The van der Waals surface area contributed by atoms with Crippen molar-refractivity contribution in [1.82, 2.24) is 30.7 Å². The molecule has 0 unspecified atom stereocenters. The van der Waals surface area contributed by atoms with E-state index in [-0.39, 0.29) is 37.9 Å². The maximum absolute atomic E-state index is 14.4. The summed E-state index contributed by atoms with van der Waals surface area (Å²) < 4.78 is 31.2. The molecule has 1 aliphatic carbocycles. The van der Waals surface area contributed by atoms with Gasteiger partial charge in [0.15, 0.2) is 0 Å². The Balaban J connectivity index is 1.21. The molecule has 5 atom stereocenters. The molecule has 3 fully saturated rings. The first-order valence-electron chi connectivity index (χ1n) is 18.9. The van der Waals surface area contributed by atoms with Crippen molar-refractivity contribution in [3.8, 4) is 0 Å². The Morgan fingerprint density at radius 1 is 1.09 bits per heavy atom. The van der Waals surface area contributed by atoms with E-state index < -0.39 is 59.1 Å². The van der Waals surface area contributed by atoms with Gasteiger partial charge in [-0.25, -0.2) is 14.0 Å². The van der Waals surface area contributed by atoms with Gasteiger partial charge in [0, 0.05) is 50.6 Å². The molecule has 1 aromatic carbocycles. The molecule has 6 rings (SSSR count). The van der Waals surface area contributed by atoms with E-state index in [4.69, 9.17) is 14.2 Å². The summed E-state index contributed by atoms with van der Waals surface area (Å²) in [5.74, 6) is -1.96. The third-order valence-electron chi connectivity index (χ3n) is 10.6. The molecule has 15 heteroatoms. The van der Waals surface area contributed by atoms with Gasteiger partial charge >= 0.3 is 12.2 Å². The van der Waals surface area contributed by atoms with Gasteiger partial charge in [0.05, 0.1) is 26.3 Å². The van der Waals surface area contributed by atoms with Crippen molar-refractivity contribution >= 4 is 29.9 Å². The molecular formula is C38H53FN6O8. The Morgan fingerprint density at radius 2 is 1.89 bits per heavy atom. The number of nitrogens with zero attached hydrogens (tertiary/aromatic N) is 3. The Hall–Kier alpha value is -4.24. The van der Waals surface area contributed by atoms with Crippen LogP contribution in [0.4, 0.5) is 14.0 Å². The minimum Gasteiger partial charge on any atom is -0.444 e. The van der Waals surface area contributed by atoms with Crippen LogP contribution < -0.4 is 16.0 Å². The third-order valence-corrected chi connectivity index (χ3v) is 10.6. The Morgan fingerprint density at radius 3 is 2.64 bits per heavy atom. The molecular weight excluding hydrogens is 687 g/mol. The van der Waals surface area contributed by atoms with Crippen LogP contribution in [0.1, 0.15) is 76.8 Å². The highest BCUT2D eigenvalue weighted by atomic mass is 19.1. The van der Waals surface area contributed by atoms with Crippen LogP contribution in [0.25, 0.3) is 0 Å². The van der Waals surface area contributed by atoms with Crippen molar-refractivity contribution in [1.29, 1.82) is 0 Å². The first-order chi connectivity index (χ1) is 25.3. The lowest BCUT2D eigenvalue weighted by molar-refractivity contribution is -0.141. The normalized spacial score (nSPS) is 28.7. The van der Waals surface area contributed by atoms with E-state index in [0.717, 1.165) is 32.4 Å². The zero-order valence-electron chi connectivity index (χ0n) is 31.0. The molecule has 0 radical (unpaired) electrons. The second-order valence-corrected chi connectivity index (χ2v) is 15.7. The molecule has 5 aliphatic rings. The number of carbonyl (C=O) groups excluding carboxylic acids is 5. The van der Waals surface area contributed by atoms with Gasteiger partial charge in [0.2, 0.25) is 17.7 Å². The standard InChI is InChI=1S/C38H53FN6O8/c1-37(2,3)53-35(49)41-30-13-8-6-4-5-7-11-26-21-38(26,34(48)40-14-15-43-16-18-51-19-17-43)42-32(46)31-20-27(23-45(31)33(30)47)52-36(50)44-22-25-10-9-12-29(39)28(25)24-44/h7,9-12,26-27,30-31H,4-6,8,13-24H2,1-3H3,(H,40,48)(H,41,49)(H,42,46)/b11-7-/t26-,27-,30+,31+,38-/m1/s1. The minimum atomic E-state index is -1.19. The van der Waals surface area contributed by atoms with E-state index in [9.17, 15) is 28.4 Å². The second-order valence-electron chi connectivity index (χ2n) is 15.7. The van der Waals surface area contributed by atoms with Gasteiger partial charge in [-0.1, -0.05) is 37.1 Å². The number of amides is 5. The Kier molecular flexibility index (Phi) is 11.9. The molecule has 3 N–H and O–H groups in total. The number of hydrogen-bond donors (Lipinski definition) is 3. The fourth-order valence-electron chi connectivity index (χ4n) is 7.65. The molecule has 290 valence electrons. The summed E-state index contributed by atoms with van der Waals surface area (Å²) in [6.07, 6.45) is 5.47. The largest absolute Gasteiger partial charge is 0.444 e. The molecule has 0 aromatic heterocycles. The van der Waals surface area contributed by atoms with E-state index >= 15 is 0 Å². The van der Waals surface area contributed by atoms with E-state index in [1.54, 1.807) is 32.9 Å². The van der Waals surface area contributed by atoms with Gasteiger partial charge in [0.25, 0.3) is 0 Å². The van der Waals surface area contributed by atoms with Crippen LogP contribution >= 0.6 is 0 Å². The van der Waals surface area contributed by atoms with Crippen LogP contribution in [0.5, 0.6) is 0 Å². The summed E-state index contributed by atoms with van der Waals surface area (Å²) in [4.78, 5) is 73.7. The molecule has 53 heavy (non-hydrogen) atoms. The fourth-order valence-corrected chi connectivity index (χ4v) is 7.65. The third kappa shape index (κ3) is 9.47. The topological polar surface area (TPSA) is 159 Å². The van der Waals surface area contributed by atoms with Crippen LogP contribution in [0.2, 0.25) is 0 Å². The Bertz CT molecular complexity index is 1580. The maximum atomic E-state index is 14.4. The molecule has 0 spiro atoms. The number of ether oxygens (including phenoxy) is 3. The van der Waals surface area contributed by atoms with Gasteiger partial charge in [-0.3, -0.25) is 24.2 Å². The molecule has 14 nitrogen and oxygen atoms in total. The number of nitrogens with one attached hydrogen (secondary N) is 3. The summed E-state index contributed by atoms with van der Waals surface area (Å²) in [6, 6.07) is 2.60. The highest BCUT2D eigenvalue weighted by Crippen LogP contribution is 2.45. The molecule has 0 bridgehead atoms. The number of allylic oxidation sites excluding steroid dienone is 1. The second kappa shape index (κ2) is 16.4. The van der Waals surface area contributed by atoms with Crippen LogP contribution in [0.3, 0.4) is 0 Å². The number of halogens is 1. The lowest BCUT2D eigenvalue weighted by atomic mass is 10.0. The van der Waals surface area contributed by atoms with Gasteiger partial charge in [0.1, 0.15) is 35.1 Å². The predicted octanol–water partition coefficient (Wildman–Crippen LogP) is 2.98. The fraction of sp³-hybridized carbons (Fsp3) is 0.658. The van der Waals surface area contributed by atoms with Crippen LogP contribution in [0, 0.1) is 11.7 Å².